The first kappa shape index (κ1) is 14.0. The fraction of sp³-hybridized carbons (Fsp3) is 0.625. The number of hydrogen-bond donors (Lipinski definition) is 1. The molecule has 18 heavy (non-hydrogen) atoms. The van der Waals surface area contributed by atoms with Crippen molar-refractivity contribution in [3.8, 4) is 0 Å². The van der Waals surface area contributed by atoms with E-state index in [1.54, 1.807) is 0 Å². The normalized spacial score (nSPS) is 20.8. The number of rotatable bonds is 4. The lowest BCUT2D eigenvalue weighted by molar-refractivity contribution is 0.299. The molecule has 2 atom stereocenters. The van der Waals surface area contributed by atoms with E-state index in [1.165, 1.54) is 29.7 Å². The molecule has 0 bridgehead atoms. The van der Waals surface area contributed by atoms with Gasteiger partial charge in [-0.3, -0.25) is 0 Å². The monoisotopic (exact) mass is 263 g/mol. The summed E-state index contributed by atoms with van der Waals surface area (Å²) in [5.41, 5.74) is 7.99. The molecule has 0 saturated carbocycles. The van der Waals surface area contributed by atoms with Crippen LogP contribution in [0.4, 0.5) is 0 Å². The maximum Gasteiger partial charge on any atom is 0.0135 e. The molecule has 0 spiro atoms. The standard InChI is InChI=1S/C16H25NS/c1-16(2,3)15(17)10-6-8-13-11-12-7-4-5-9-14(12)18-13/h4-5,7,9,13,15H,6,8,10-11,17H2,1-3H3. The lowest BCUT2D eigenvalue weighted by atomic mass is 9.84. The van der Waals surface area contributed by atoms with Gasteiger partial charge in [-0.15, -0.1) is 11.8 Å². The molecule has 1 heterocycles. The van der Waals surface area contributed by atoms with Crippen LogP contribution in [-0.2, 0) is 6.42 Å². The average molecular weight is 263 g/mol. The van der Waals surface area contributed by atoms with Gasteiger partial charge in [-0.25, -0.2) is 0 Å². The Hall–Kier alpha value is -0.470. The summed E-state index contributed by atoms with van der Waals surface area (Å²) in [7, 11) is 0. The molecule has 2 rings (SSSR count). The minimum absolute atomic E-state index is 0.242. The van der Waals surface area contributed by atoms with Crippen LogP contribution in [0.15, 0.2) is 29.2 Å². The van der Waals surface area contributed by atoms with Crippen LogP contribution in [0, 0.1) is 5.41 Å². The van der Waals surface area contributed by atoms with Gasteiger partial charge in [0.05, 0.1) is 0 Å². The van der Waals surface area contributed by atoms with Crippen LogP contribution >= 0.6 is 11.8 Å². The lowest BCUT2D eigenvalue weighted by Gasteiger charge is -2.27. The van der Waals surface area contributed by atoms with E-state index < -0.39 is 0 Å². The van der Waals surface area contributed by atoms with Gasteiger partial charge in [0, 0.05) is 16.2 Å². The molecule has 2 heteroatoms. The van der Waals surface area contributed by atoms with Crippen LogP contribution < -0.4 is 5.73 Å². The van der Waals surface area contributed by atoms with Crippen molar-refractivity contribution in [2.75, 3.05) is 0 Å². The Labute approximate surface area is 116 Å². The van der Waals surface area contributed by atoms with Gasteiger partial charge in [0.2, 0.25) is 0 Å². The highest BCUT2D eigenvalue weighted by atomic mass is 32.2. The summed E-state index contributed by atoms with van der Waals surface area (Å²) in [5.74, 6) is 0. The number of benzene rings is 1. The number of fused-ring (bicyclic) bond motifs is 1. The third-order valence-corrected chi connectivity index (χ3v) is 5.26. The molecule has 2 unspecified atom stereocenters. The van der Waals surface area contributed by atoms with Gasteiger partial charge in [-0.2, -0.15) is 0 Å². The Kier molecular flexibility index (Phi) is 4.39. The molecule has 0 saturated heterocycles. The first-order chi connectivity index (χ1) is 8.47. The molecule has 2 N–H and O–H groups in total. The zero-order valence-electron chi connectivity index (χ0n) is 11.8. The van der Waals surface area contributed by atoms with Gasteiger partial charge in [-0.1, -0.05) is 45.4 Å². The Bertz CT molecular complexity index is 369. The Morgan fingerprint density at radius 1 is 1.33 bits per heavy atom. The van der Waals surface area contributed by atoms with Crippen LogP contribution in [0.5, 0.6) is 0 Å². The molecule has 0 amide bonds. The molecule has 1 nitrogen and oxygen atoms in total. The molecular formula is C16H25NS. The largest absolute Gasteiger partial charge is 0.327 e. The van der Waals surface area contributed by atoms with Crippen molar-refractivity contribution in [3.05, 3.63) is 29.8 Å². The molecule has 1 aromatic rings. The molecule has 0 aromatic heterocycles. The molecule has 0 fully saturated rings. The highest BCUT2D eigenvalue weighted by Crippen LogP contribution is 2.39. The van der Waals surface area contributed by atoms with E-state index in [1.807, 2.05) is 0 Å². The van der Waals surface area contributed by atoms with Crippen molar-refractivity contribution in [3.63, 3.8) is 0 Å². The Morgan fingerprint density at radius 3 is 2.72 bits per heavy atom. The topological polar surface area (TPSA) is 26.0 Å². The predicted octanol–water partition coefficient (Wildman–Crippen LogP) is 4.25. The second-order valence-corrected chi connectivity index (χ2v) is 7.80. The summed E-state index contributed by atoms with van der Waals surface area (Å²) in [5, 5.41) is 0.773. The van der Waals surface area contributed by atoms with Crippen molar-refractivity contribution in [1.82, 2.24) is 0 Å². The molecule has 1 aliphatic heterocycles. The van der Waals surface area contributed by atoms with E-state index in [9.17, 15) is 0 Å². The number of hydrogen-bond acceptors (Lipinski definition) is 2. The third-order valence-electron chi connectivity index (χ3n) is 3.87. The van der Waals surface area contributed by atoms with Crippen molar-refractivity contribution >= 4 is 11.8 Å². The minimum atomic E-state index is 0.242. The quantitative estimate of drug-likeness (QED) is 0.879. The molecule has 0 radical (unpaired) electrons. The third kappa shape index (κ3) is 3.52. The summed E-state index contributed by atoms with van der Waals surface area (Å²) < 4.78 is 0. The minimum Gasteiger partial charge on any atom is -0.327 e. The second kappa shape index (κ2) is 5.66. The van der Waals surface area contributed by atoms with Crippen LogP contribution in [-0.4, -0.2) is 11.3 Å². The van der Waals surface area contributed by atoms with Gasteiger partial charge in [-0.05, 0) is 36.3 Å². The van der Waals surface area contributed by atoms with Gasteiger partial charge in [0.1, 0.15) is 0 Å². The first-order valence-electron chi connectivity index (χ1n) is 6.97. The lowest BCUT2D eigenvalue weighted by Crippen LogP contribution is -2.34. The van der Waals surface area contributed by atoms with Crippen LogP contribution in [0.25, 0.3) is 0 Å². The van der Waals surface area contributed by atoms with Gasteiger partial charge in [0.15, 0.2) is 0 Å². The SMILES string of the molecule is CC(C)(C)C(N)CCCC1Cc2ccccc2S1. The zero-order chi connectivity index (χ0) is 13.2. The number of thioether (sulfide) groups is 1. The van der Waals surface area contributed by atoms with Crippen molar-refractivity contribution in [2.45, 2.75) is 62.6 Å². The molecule has 100 valence electrons. The maximum absolute atomic E-state index is 6.21. The van der Waals surface area contributed by atoms with Gasteiger partial charge < -0.3 is 5.73 Å². The highest BCUT2D eigenvalue weighted by Gasteiger charge is 2.23. The van der Waals surface area contributed by atoms with Crippen molar-refractivity contribution < 1.29 is 0 Å². The van der Waals surface area contributed by atoms with Crippen LogP contribution in [0.3, 0.4) is 0 Å². The van der Waals surface area contributed by atoms with Gasteiger partial charge >= 0.3 is 0 Å². The van der Waals surface area contributed by atoms with E-state index in [4.69, 9.17) is 5.73 Å². The van der Waals surface area contributed by atoms with Crippen LogP contribution in [0.1, 0.15) is 45.6 Å². The van der Waals surface area contributed by atoms with E-state index in [2.05, 4.69) is 56.8 Å². The van der Waals surface area contributed by atoms with Crippen molar-refractivity contribution in [2.24, 2.45) is 11.1 Å². The Morgan fingerprint density at radius 2 is 2.06 bits per heavy atom. The van der Waals surface area contributed by atoms with E-state index in [0.717, 1.165) is 11.7 Å². The fourth-order valence-corrected chi connectivity index (χ4v) is 3.78. The highest BCUT2D eigenvalue weighted by molar-refractivity contribution is 8.00. The molecule has 1 aliphatic rings. The summed E-state index contributed by atoms with van der Waals surface area (Å²) in [6.07, 6.45) is 4.94. The summed E-state index contributed by atoms with van der Waals surface area (Å²) in [6, 6.07) is 9.14. The molecular weight excluding hydrogens is 238 g/mol. The van der Waals surface area contributed by atoms with Crippen LogP contribution in [0.2, 0.25) is 0 Å². The molecule has 0 aliphatic carbocycles. The summed E-state index contributed by atoms with van der Waals surface area (Å²) in [6.45, 7) is 6.70. The van der Waals surface area contributed by atoms with Crippen molar-refractivity contribution in [1.29, 1.82) is 0 Å². The summed E-state index contributed by atoms with van der Waals surface area (Å²) >= 11 is 2.05. The van der Waals surface area contributed by atoms with E-state index >= 15 is 0 Å². The average Bonchev–Trinajstić information content (AvgIpc) is 2.70. The summed E-state index contributed by atoms with van der Waals surface area (Å²) in [4.78, 5) is 1.49. The Balaban J connectivity index is 1.74. The molecule has 1 aromatic carbocycles. The number of nitrogens with two attached hydrogens (primary N) is 1. The maximum atomic E-state index is 6.21. The van der Waals surface area contributed by atoms with E-state index in [-0.39, 0.29) is 5.41 Å². The zero-order valence-corrected chi connectivity index (χ0v) is 12.6. The smallest absolute Gasteiger partial charge is 0.0135 e. The second-order valence-electron chi connectivity index (χ2n) is 6.46. The van der Waals surface area contributed by atoms with Gasteiger partial charge in [0.25, 0.3) is 0 Å². The fourth-order valence-electron chi connectivity index (χ4n) is 2.41. The van der Waals surface area contributed by atoms with E-state index in [0.29, 0.717) is 6.04 Å². The predicted molar refractivity (Wildman–Crippen MR) is 81.1 cm³/mol. The first-order valence-corrected chi connectivity index (χ1v) is 7.85.